The standard InChI is InChI=1S/C11H21NO/c1-8(7-12)11(13)6-9-4-2-3-5-10(9)11/h8-10,13H,2-7,12H2,1H3/t8?,9-,10-,11?/m1/s1. The van der Waals surface area contributed by atoms with Gasteiger partial charge >= 0.3 is 0 Å². The van der Waals surface area contributed by atoms with Crippen LogP contribution >= 0.6 is 0 Å². The van der Waals surface area contributed by atoms with Crippen molar-refractivity contribution in [1.29, 1.82) is 0 Å². The van der Waals surface area contributed by atoms with Crippen molar-refractivity contribution in [3.8, 4) is 0 Å². The van der Waals surface area contributed by atoms with Crippen molar-refractivity contribution in [2.24, 2.45) is 23.5 Å². The van der Waals surface area contributed by atoms with Crippen molar-refractivity contribution in [3.05, 3.63) is 0 Å². The van der Waals surface area contributed by atoms with Crippen LogP contribution in [0.4, 0.5) is 0 Å². The van der Waals surface area contributed by atoms with Crippen LogP contribution in [0.2, 0.25) is 0 Å². The van der Waals surface area contributed by atoms with Crippen LogP contribution in [0.1, 0.15) is 39.0 Å². The maximum absolute atomic E-state index is 10.4. The Kier molecular flexibility index (Phi) is 2.37. The maximum Gasteiger partial charge on any atom is 0.0718 e. The molecule has 0 bridgehead atoms. The van der Waals surface area contributed by atoms with Crippen molar-refractivity contribution in [2.75, 3.05) is 6.54 Å². The maximum atomic E-state index is 10.4. The van der Waals surface area contributed by atoms with E-state index >= 15 is 0 Å². The van der Waals surface area contributed by atoms with Gasteiger partial charge in [0.1, 0.15) is 0 Å². The molecule has 2 nitrogen and oxygen atoms in total. The second-order valence-corrected chi connectivity index (χ2v) is 4.98. The van der Waals surface area contributed by atoms with Gasteiger partial charge in [0.15, 0.2) is 0 Å². The van der Waals surface area contributed by atoms with Crippen molar-refractivity contribution < 1.29 is 5.11 Å². The van der Waals surface area contributed by atoms with Gasteiger partial charge in [0.2, 0.25) is 0 Å². The Hall–Kier alpha value is -0.0800. The minimum absolute atomic E-state index is 0.284. The quantitative estimate of drug-likeness (QED) is 0.682. The largest absolute Gasteiger partial charge is 0.389 e. The van der Waals surface area contributed by atoms with Gasteiger partial charge in [-0.1, -0.05) is 19.8 Å². The SMILES string of the molecule is CC(CN)C1(O)C[C@H]2CCCC[C@H]21. The highest BCUT2D eigenvalue weighted by Gasteiger charge is 2.55. The average molecular weight is 183 g/mol. The first kappa shape index (κ1) is 9.47. The van der Waals surface area contributed by atoms with E-state index in [4.69, 9.17) is 5.73 Å². The van der Waals surface area contributed by atoms with Crippen molar-refractivity contribution in [2.45, 2.75) is 44.6 Å². The van der Waals surface area contributed by atoms with Gasteiger partial charge in [0.25, 0.3) is 0 Å². The zero-order valence-corrected chi connectivity index (χ0v) is 8.50. The second-order valence-electron chi connectivity index (χ2n) is 4.98. The second kappa shape index (κ2) is 3.25. The van der Waals surface area contributed by atoms with E-state index < -0.39 is 5.60 Å². The monoisotopic (exact) mass is 183 g/mol. The van der Waals surface area contributed by atoms with Crippen LogP contribution < -0.4 is 5.73 Å². The molecule has 2 fully saturated rings. The lowest BCUT2D eigenvalue weighted by Gasteiger charge is -2.57. The van der Waals surface area contributed by atoms with E-state index in [-0.39, 0.29) is 5.92 Å². The van der Waals surface area contributed by atoms with Crippen LogP contribution in [0.5, 0.6) is 0 Å². The molecule has 2 unspecified atom stereocenters. The van der Waals surface area contributed by atoms with Gasteiger partial charge in [-0.05, 0) is 43.6 Å². The minimum Gasteiger partial charge on any atom is -0.389 e. The summed E-state index contributed by atoms with van der Waals surface area (Å²) >= 11 is 0. The minimum atomic E-state index is -0.403. The molecule has 0 heterocycles. The van der Waals surface area contributed by atoms with Gasteiger partial charge in [-0.2, -0.15) is 0 Å². The molecule has 2 rings (SSSR count). The third kappa shape index (κ3) is 1.31. The molecule has 2 heteroatoms. The molecule has 0 aromatic rings. The molecular weight excluding hydrogens is 162 g/mol. The van der Waals surface area contributed by atoms with E-state index in [9.17, 15) is 5.11 Å². The van der Waals surface area contributed by atoms with Crippen molar-refractivity contribution in [1.82, 2.24) is 0 Å². The highest BCUT2D eigenvalue weighted by atomic mass is 16.3. The summed E-state index contributed by atoms with van der Waals surface area (Å²) in [5.74, 6) is 1.67. The van der Waals surface area contributed by atoms with Gasteiger partial charge < -0.3 is 10.8 Å². The molecule has 2 saturated carbocycles. The van der Waals surface area contributed by atoms with E-state index in [1.165, 1.54) is 25.7 Å². The first-order valence-corrected chi connectivity index (χ1v) is 5.61. The molecule has 76 valence electrons. The summed E-state index contributed by atoms with van der Waals surface area (Å²) < 4.78 is 0. The van der Waals surface area contributed by atoms with E-state index in [1.54, 1.807) is 0 Å². The third-order valence-electron chi connectivity index (χ3n) is 4.35. The van der Waals surface area contributed by atoms with Gasteiger partial charge in [0.05, 0.1) is 5.60 Å². The van der Waals surface area contributed by atoms with Crippen LogP contribution in [0.15, 0.2) is 0 Å². The van der Waals surface area contributed by atoms with Gasteiger partial charge in [-0.25, -0.2) is 0 Å². The molecule has 0 saturated heterocycles. The molecule has 4 atom stereocenters. The summed E-state index contributed by atoms with van der Waals surface area (Å²) in [7, 11) is 0. The van der Waals surface area contributed by atoms with Crippen LogP contribution in [0.3, 0.4) is 0 Å². The lowest BCUT2D eigenvalue weighted by molar-refractivity contribution is -0.182. The lowest BCUT2D eigenvalue weighted by atomic mass is 9.52. The molecule has 0 aromatic heterocycles. The molecular formula is C11H21NO. The van der Waals surface area contributed by atoms with Crippen molar-refractivity contribution >= 4 is 0 Å². The van der Waals surface area contributed by atoms with E-state index in [0.29, 0.717) is 12.5 Å². The topological polar surface area (TPSA) is 46.2 Å². The first-order valence-electron chi connectivity index (χ1n) is 5.61. The van der Waals surface area contributed by atoms with E-state index in [1.807, 2.05) is 0 Å². The predicted octanol–water partition coefficient (Wildman–Crippen LogP) is 1.52. The summed E-state index contributed by atoms with van der Waals surface area (Å²) in [5.41, 5.74) is 5.23. The fourth-order valence-electron chi connectivity index (χ4n) is 3.29. The molecule has 2 aliphatic carbocycles. The summed E-state index contributed by atoms with van der Waals surface area (Å²) in [6, 6.07) is 0. The van der Waals surface area contributed by atoms with Crippen LogP contribution in [0.25, 0.3) is 0 Å². The zero-order chi connectivity index (χ0) is 9.47. The summed E-state index contributed by atoms with van der Waals surface area (Å²) in [6.07, 6.45) is 6.25. The Labute approximate surface area is 80.5 Å². The highest BCUT2D eigenvalue weighted by molar-refractivity contribution is 5.05. The molecule has 0 aromatic carbocycles. The number of hydrogen-bond acceptors (Lipinski definition) is 2. The smallest absolute Gasteiger partial charge is 0.0718 e. The van der Waals surface area contributed by atoms with Crippen molar-refractivity contribution in [3.63, 3.8) is 0 Å². The molecule has 0 radical (unpaired) electrons. The Bertz CT molecular complexity index is 195. The average Bonchev–Trinajstić information content (AvgIpc) is 2.15. The van der Waals surface area contributed by atoms with E-state index in [0.717, 1.165) is 12.3 Å². The Balaban J connectivity index is 2.02. The fraction of sp³-hybridized carbons (Fsp3) is 1.00. The van der Waals surface area contributed by atoms with Crippen LogP contribution in [-0.4, -0.2) is 17.3 Å². The number of hydrogen-bond donors (Lipinski definition) is 2. The van der Waals surface area contributed by atoms with Crippen LogP contribution in [0, 0.1) is 17.8 Å². The van der Waals surface area contributed by atoms with E-state index in [2.05, 4.69) is 6.92 Å². The summed E-state index contributed by atoms with van der Waals surface area (Å²) in [6.45, 7) is 2.71. The highest BCUT2D eigenvalue weighted by Crippen LogP contribution is 2.54. The van der Waals surface area contributed by atoms with Crippen LogP contribution in [-0.2, 0) is 0 Å². The number of rotatable bonds is 2. The number of fused-ring (bicyclic) bond motifs is 1. The Morgan fingerprint density at radius 3 is 2.77 bits per heavy atom. The molecule has 0 amide bonds. The fourth-order valence-corrected chi connectivity index (χ4v) is 3.29. The lowest BCUT2D eigenvalue weighted by Crippen LogP contribution is -2.60. The first-order chi connectivity index (χ1) is 6.18. The summed E-state index contributed by atoms with van der Waals surface area (Å²) in [4.78, 5) is 0. The Morgan fingerprint density at radius 1 is 1.46 bits per heavy atom. The molecule has 13 heavy (non-hydrogen) atoms. The molecule has 2 aliphatic rings. The molecule has 3 N–H and O–H groups in total. The number of nitrogens with two attached hydrogens (primary N) is 1. The van der Waals surface area contributed by atoms with Gasteiger partial charge in [-0.15, -0.1) is 0 Å². The molecule has 0 aliphatic heterocycles. The van der Waals surface area contributed by atoms with Gasteiger partial charge in [0, 0.05) is 0 Å². The molecule has 0 spiro atoms. The predicted molar refractivity (Wildman–Crippen MR) is 53.2 cm³/mol. The summed E-state index contributed by atoms with van der Waals surface area (Å²) in [5, 5.41) is 10.4. The van der Waals surface area contributed by atoms with Gasteiger partial charge in [-0.3, -0.25) is 0 Å². The zero-order valence-electron chi connectivity index (χ0n) is 8.50. The Morgan fingerprint density at radius 2 is 2.15 bits per heavy atom. The normalized spacial score (nSPS) is 46.4. The third-order valence-corrected chi connectivity index (χ3v) is 4.35. The number of aliphatic hydroxyl groups is 1.